The maximum Gasteiger partial charge on any atom is 0.267 e. The van der Waals surface area contributed by atoms with Crippen molar-refractivity contribution in [2.45, 2.75) is 31.3 Å². The highest BCUT2D eigenvalue weighted by Gasteiger charge is 2.41. The topological polar surface area (TPSA) is 29.5 Å². The van der Waals surface area contributed by atoms with Crippen LogP contribution in [0.25, 0.3) is 0 Å². The van der Waals surface area contributed by atoms with Crippen molar-refractivity contribution in [1.82, 2.24) is 0 Å². The highest BCUT2D eigenvalue weighted by Crippen LogP contribution is 2.41. The zero-order valence-corrected chi connectivity index (χ0v) is 9.04. The Morgan fingerprint density at radius 1 is 1.44 bits per heavy atom. The van der Waals surface area contributed by atoms with Gasteiger partial charge in [-0.1, -0.05) is 12.1 Å². The molecule has 2 rings (SSSR count). The Bertz CT molecular complexity index is 387. The second kappa shape index (κ2) is 4.01. The largest absolute Gasteiger partial charge is 0.496 e. The second-order valence-electron chi connectivity index (χ2n) is 4.23. The van der Waals surface area contributed by atoms with Crippen LogP contribution in [-0.4, -0.2) is 17.8 Å². The van der Waals surface area contributed by atoms with Crippen molar-refractivity contribution in [2.75, 3.05) is 7.11 Å². The highest BCUT2D eigenvalue weighted by atomic mass is 19.3. The standard InChI is InChI=1S/C12H14F2O2/c1-16-9-4-2-3-8(10(9)11(13)14)7-12(15)5-6-12/h2-4,11,15H,5-7H2,1H3. The van der Waals surface area contributed by atoms with Crippen LogP contribution in [0.5, 0.6) is 5.75 Å². The predicted molar refractivity (Wildman–Crippen MR) is 55.8 cm³/mol. The van der Waals surface area contributed by atoms with Crippen molar-refractivity contribution >= 4 is 0 Å². The first-order chi connectivity index (χ1) is 7.56. The van der Waals surface area contributed by atoms with E-state index in [1.165, 1.54) is 13.2 Å². The summed E-state index contributed by atoms with van der Waals surface area (Å²) in [5.74, 6) is 0.191. The summed E-state index contributed by atoms with van der Waals surface area (Å²) in [5.41, 5.74) is -0.379. The molecule has 0 radical (unpaired) electrons. The average Bonchev–Trinajstić information content (AvgIpc) is 2.95. The highest BCUT2D eigenvalue weighted by molar-refractivity contribution is 5.42. The summed E-state index contributed by atoms with van der Waals surface area (Å²) in [4.78, 5) is 0. The first kappa shape index (κ1) is 11.3. The van der Waals surface area contributed by atoms with Gasteiger partial charge in [-0.25, -0.2) is 8.78 Å². The molecule has 1 aromatic rings. The number of halogens is 2. The quantitative estimate of drug-likeness (QED) is 0.858. The number of alkyl halides is 2. The second-order valence-corrected chi connectivity index (χ2v) is 4.23. The van der Waals surface area contributed by atoms with Crippen LogP contribution in [0.3, 0.4) is 0 Å². The summed E-state index contributed by atoms with van der Waals surface area (Å²) in [6.07, 6.45) is -0.919. The third-order valence-corrected chi connectivity index (χ3v) is 2.94. The molecule has 0 aliphatic heterocycles. The maximum absolute atomic E-state index is 12.9. The summed E-state index contributed by atoms with van der Waals surface area (Å²) < 4.78 is 30.7. The van der Waals surface area contributed by atoms with Crippen LogP contribution in [0.1, 0.15) is 30.4 Å². The van der Waals surface area contributed by atoms with E-state index in [0.717, 1.165) is 0 Å². The van der Waals surface area contributed by atoms with Gasteiger partial charge in [-0.15, -0.1) is 0 Å². The minimum atomic E-state index is -2.58. The van der Waals surface area contributed by atoms with Gasteiger partial charge in [0.1, 0.15) is 5.75 Å². The van der Waals surface area contributed by atoms with Gasteiger partial charge in [0.05, 0.1) is 18.3 Å². The lowest BCUT2D eigenvalue weighted by Crippen LogP contribution is -2.13. The van der Waals surface area contributed by atoms with Crippen LogP contribution >= 0.6 is 0 Å². The predicted octanol–water partition coefficient (Wildman–Crippen LogP) is 2.70. The summed E-state index contributed by atoms with van der Waals surface area (Å²) in [6, 6.07) is 4.81. The molecule has 0 saturated heterocycles. The third-order valence-electron chi connectivity index (χ3n) is 2.94. The number of benzene rings is 1. The molecule has 0 amide bonds. The van der Waals surface area contributed by atoms with Crippen molar-refractivity contribution in [3.63, 3.8) is 0 Å². The molecule has 0 bridgehead atoms. The number of methoxy groups -OCH3 is 1. The zero-order valence-electron chi connectivity index (χ0n) is 9.04. The summed E-state index contributed by atoms with van der Waals surface area (Å²) >= 11 is 0. The molecule has 4 heteroatoms. The maximum atomic E-state index is 12.9. The van der Waals surface area contributed by atoms with Crippen LogP contribution in [-0.2, 0) is 6.42 Å². The fourth-order valence-corrected chi connectivity index (χ4v) is 1.84. The summed E-state index contributed by atoms with van der Waals surface area (Å²) in [5, 5.41) is 9.77. The van der Waals surface area contributed by atoms with E-state index in [1.54, 1.807) is 12.1 Å². The molecule has 1 aliphatic rings. The lowest BCUT2D eigenvalue weighted by molar-refractivity contribution is 0.136. The molecule has 0 spiro atoms. The van der Waals surface area contributed by atoms with Gasteiger partial charge in [-0.2, -0.15) is 0 Å². The SMILES string of the molecule is COc1cccc(CC2(O)CC2)c1C(F)F. The Morgan fingerprint density at radius 3 is 2.62 bits per heavy atom. The van der Waals surface area contributed by atoms with Gasteiger partial charge < -0.3 is 9.84 Å². The molecule has 1 fully saturated rings. The van der Waals surface area contributed by atoms with Crippen LogP contribution in [0.15, 0.2) is 18.2 Å². The van der Waals surface area contributed by atoms with E-state index in [9.17, 15) is 13.9 Å². The molecule has 1 saturated carbocycles. The molecule has 0 unspecified atom stereocenters. The van der Waals surface area contributed by atoms with E-state index < -0.39 is 12.0 Å². The molecule has 2 nitrogen and oxygen atoms in total. The number of ether oxygens (including phenoxy) is 1. The summed E-state index contributed by atoms with van der Waals surface area (Å²) in [7, 11) is 1.37. The first-order valence-corrected chi connectivity index (χ1v) is 5.22. The minimum Gasteiger partial charge on any atom is -0.496 e. The van der Waals surface area contributed by atoms with Gasteiger partial charge in [-0.3, -0.25) is 0 Å². The number of hydrogen-bond donors (Lipinski definition) is 1. The monoisotopic (exact) mass is 228 g/mol. The van der Waals surface area contributed by atoms with E-state index in [1.807, 2.05) is 0 Å². The Balaban J connectivity index is 2.35. The van der Waals surface area contributed by atoms with E-state index in [4.69, 9.17) is 4.74 Å². The molecular weight excluding hydrogens is 214 g/mol. The molecule has 1 aromatic carbocycles. The fourth-order valence-electron chi connectivity index (χ4n) is 1.84. The summed E-state index contributed by atoms with van der Waals surface area (Å²) in [6.45, 7) is 0. The van der Waals surface area contributed by atoms with Crippen molar-refractivity contribution in [3.05, 3.63) is 29.3 Å². The van der Waals surface area contributed by atoms with Crippen molar-refractivity contribution in [3.8, 4) is 5.75 Å². The number of hydrogen-bond acceptors (Lipinski definition) is 2. The van der Waals surface area contributed by atoms with Crippen LogP contribution < -0.4 is 4.74 Å². The Kier molecular flexibility index (Phi) is 2.84. The number of rotatable bonds is 4. The van der Waals surface area contributed by atoms with Crippen molar-refractivity contribution in [2.24, 2.45) is 0 Å². The smallest absolute Gasteiger partial charge is 0.267 e. The first-order valence-electron chi connectivity index (χ1n) is 5.22. The molecule has 1 N–H and O–H groups in total. The van der Waals surface area contributed by atoms with Gasteiger partial charge >= 0.3 is 0 Å². The van der Waals surface area contributed by atoms with Gasteiger partial charge in [0.25, 0.3) is 6.43 Å². The van der Waals surface area contributed by atoms with E-state index in [-0.39, 0.29) is 17.7 Å². The molecule has 0 heterocycles. The van der Waals surface area contributed by atoms with Gasteiger partial charge in [-0.05, 0) is 24.5 Å². The van der Waals surface area contributed by atoms with Gasteiger partial charge in [0.15, 0.2) is 0 Å². The fraction of sp³-hybridized carbons (Fsp3) is 0.500. The average molecular weight is 228 g/mol. The molecule has 1 aliphatic carbocycles. The molecule has 0 aromatic heterocycles. The molecule has 0 atom stereocenters. The van der Waals surface area contributed by atoms with E-state index >= 15 is 0 Å². The normalized spacial score (nSPS) is 17.6. The van der Waals surface area contributed by atoms with Crippen LogP contribution in [0, 0.1) is 0 Å². The van der Waals surface area contributed by atoms with Crippen LogP contribution in [0.2, 0.25) is 0 Å². The van der Waals surface area contributed by atoms with E-state index in [2.05, 4.69) is 0 Å². The third kappa shape index (κ3) is 2.16. The Morgan fingerprint density at radius 2 is 2.12 bits per heavy atom. The minimum absolute atomic E-state index is 0.0923. The van der Waals surface area contributed by atoms with Gasteiger partial charge in [0, 0.05) is 6.42 Å². The number of aliphatic hydroxyl groups is 1. The Labute approximate surface area is 92.9 Å². The zero-order chi connectivity index (χ0) is 11.8. The van der Waals surface area contributed by atoms with Gasteiger partial charge in [0.2, 0.25) is 0 Å². The Hall–Kier alpha value is -1.16. The van der Waals surface area contributed by atoms with E-state index in [0.29, 0.717) is 18.4 Å². The molecule has 16 heavy (non-hydrogen) atoms. The van der Waals surface area contributed by atoms with Crippen molar-refractivity contribution in [1.29, 1.82) is 0 Å². The van der Waals surface area contributed by atoms with Crippen molar-refractivity contribution < 1.29 is 18.6 Å². The molecular formula is C12H14F2O2. The lowest BCUT2D eigenvalue weighted by atomic mass is 10.00. The van der Waals surface area contributed by atoms with Crippen LogP contribution in [0.4, 0.5) is 8.78 Å². The lowest BCUT2D eigenvalue weighted by Gasteiger charge is -2.15. The molecule has 88 valence electrons.